The Morgan fingerprint density at radius 2 is 2.47 bits per heavy atom. The molecule has 1 heterocycles. The van der Waals surface area contributed by atoms with Gasteiger partial charge in [-0.1, -0.05) is 11.6 Å². The van der Waals surface area contributed by atoms with Crippen LogP contribution in [0.5, 0.6) is 0 Å². The van der Waals surface area contributed by atoms with Crippen molar-refractivity contribution in [2.24, 2.45) is 0 Å². The molecule has 2 aromatic rings. The number of carbonyl (C=O) groups excluding carboxylic acids is 1. The average Bonchev–Trinajstić information content (AvgIpc) is 2.63. The van der Waals surface area contributed by atoms with Crippen molar-refractivity contribution in [2.75, 3.05) is 0 Å². The number of thiazole rings is 1. The maximum Gasteiger partial charge on any atom is 0.217 e. The first-order valence-electron chi connectivity index (χ1n) is 4.36. The summed E-state index contributed by atoms with van der Waals surface area (Å²) in [4.78, 5) is 14.8. The standard InChI is InChI=1S/C10H8ClN2OS/c1-6(14)12-4-7-2-8(11)10-9(3-7)15-5-13-10/h2-3H,4H2,1H3,(H,12,14). The van der Waals surface area contributed by atoms with Crippen LogP contribution in [0.1, 0.15) is 12.5 Å². The maximum atomic E-state index is 10.8. The summed E-state index contributed by atoms with van der Waals surface area (Å²) in [6.07, 6.45) is 0. The number of fused-ring (bicyclic) bond motifs is 1. The van der Waals surface area contributed by atoms with Crippen LogP contribution in [0.2, 0.25) is 5.02 Å². The smallest absolute Gasteiger partial charge is 0.217 e. The lowest BCUT2D eigenvalue weighted by Crippen LogP contribution is -2.18. The van der Waals surface area contributed by atoms with Gasteiger partial charge < -0.3 is 5.32 Å². The molecule has 1 N–H and O–H groups in total. The number of amides is 1. The van der Waals surface area contributed by atoms with Crippen LogP contribution in [0, 0.1) is 5.51 Å². The van der Waals surface area contributed by atoms with E-state index in [0.717, 1.165) is 15.8 Å². The van der Waals surface area contributed by atoms with Gasteiger partial charge in [0.25, 0.3) is 0 Å². The zero-order valence-electron chi connectivity index (χ0n) is 8.00. The number of rotatable bonds is 2. The number of nitrogens with one attached hydrogen (secondary N) is 1. The Bertz CT molecular complexity index is 509. The Morgan fingerprint density at radius 3 is 3.20 bits per heavy atom. The number of benzene rings is 1. The molecule has 15 heavy (non-hydrogen) atoms. The van der Waals surface area contributed by atoms with Crippen molar-refractivity contribution in [3.63, 3.8) is 0 Å². The minimum Gasteiger partial charge on any atom is -0.352 e. The average molecular weight is 240 g/mol. The third kappa shape index (κ3) is 2.27. The van der Waals surface area contributed by atoms with Crippen molar-refractivity contribution in [2.45, 2.75) is 13.5 Å². The van der Waals surface area contributed by atoms with Gasteiger partial charge in [0, 0.05) is 13.5 Å². The molecule has 0 atom stereocenters. The van der Waals surface area contributed by atoms with E-state index < -0.39 is 0 Å². The van der Waals surface area contributed by atoms with Gasteiger partial charge in [-0.2, -0.15) is 0 Å². The molecule has 1 aromatic heterocycles. The molecule has 0 aliphatic carbocycles. The zero-order chi connectivity index (χ0) is 10.8. The van der Waals surface area contributed by atoms with Crippen LogP contribution < -0.4 is 5.32 Å². The normalized spacial score (nSPS) is 10.5. The molecule has 0 unspecified atom stereocenters. The van der Waals surface area contributed by atoms with Crippen LogP contribution in [0.4, 0.5) is 0 Å². The fraction of sp³-hybridized carbons (Fsp3) is 0.200. The predicted octanol–water partition coefficient (Wildman–Crippen LogP) is 2.39. The van der Waals surface area contributed by atoms with Crippen molar-refractivity contribution in [1.82, 2.24) is 10.3 Å². The number of carbonyl (C=O) groups is 1. The van der Waals surface area contributed by atoms with E-state index >= 15 is 0 Å². The topological polar surface area (TPSA) is 42.0 Å². The van der Waals surface area contributed by atoms with Crippen LogP contribution in [0.3, 0.4) is 0 Å². The van der Waals surface area contributed by atoms with Gasteiger partial charge in [0.15, 0.2) is 5.51 Å². The molecule has 0 aliphatic heterocycles. The van der Waals surface area contributed by atoms with Crippen LogP contribution in [0.15, 0.2) is 12.1 Å². The molecule has 0 saturated heterocycles. The van der Waals surface area contributed by atoms with Crippen LogP contribution in [-0.4, -0.2) is 10.9 Å². The number of nitrogens with zero attached hydrogens (tertiary/aromatic N) is 1. The quantitative estimate of drug-likeness (QED) is 0.874. The van der Waals surface area contributed by atoms with Gasteiger partial charge in [0.2, 0.25) is 5.91 Å². The minimum absolute atomic E-state index is 0.0536. The largest absolute Gasteiger partial charge is 0.352 e. The molecule has 0 fully saturated rings. The number of hydrogen-bond donors (Lipinski definition) is 1. The molecule has 0 spiro atoms. The maximum absolute atomic E-state index is 10.8. The van der Waals surface area contributed by atoms with Gasteiger partial charge >= 0.3 is 0 Å². The Labute approximate surface area is 96.1 Å². The summed E-state index contributed by atoms with van der Waals surface area (Å²) in [5.41, 5.74) is 4.53. The summed E-state index contributed by atoms with van der Waals surface area (Å²) in [6, 6.07) is 3.78. The Kier molecular flexibility index (Phi) is 2.88. The monoisotopic (exact) mass is 239 g/mol. The molecule has 1 aromatic carbocycles. The van der Waals surface area contributed by atoms with Crippen molar-refractivity contribution >= 4 is 39.1 Å². The summed E-state index contributed by atoms with van der Waals surface area (Å²) in [6.45, 7) is 1.98. The lowest BCUT2D eigenvalue weighted by Gasteiger charge is -2.03. The third-order valence-corrected chi connectivity index (χ3v) is 2.94. The highest BCUT2D eigenvalue weighted by Crippen LogP contribution is 2.26. The lowest BCUT2D eigenvalue weighted by molar-refractivity contribution is -0.119. The first-order chi connectivity index (χ1) is 7.16. The van der Waals surface area contributed by atoms with E-state index in [1.54, 1.807) is 0 Å². The van der Waals surface area contributed by atoms with Gasteiger partial charge in [-0.25, -0.2) is 4.98 Å². The molecule has 3 nitrogen and oxygen atoms in total. The summed E-state index contributed by atoms with van der Waals surface area (Å²) < 4.78 is 0.989. The summed E-state index contributed by atoms with van der Waals surface area (Å²) in [7, 11) is 0. The number of aromatic nitrogens is 1. The molecule has 2 rings (SSSR count). The second-order valence-corrected chi connectivity index (χ2v) is 4.37. The summed E-state index contributed by atoms with van der Waals surface area (Å²) in [5, 5.41) is 3.32. The Hall–Kier alpha value is -1.13. The Balaban J connectivity index is 2.32. The predicted molar refractivity (Wildman–Crippen MR) is 61.0 cm³/mol. The molecule has 0 aliphatic rings. The molecule has 5 heteroatoms. The molecular weight excluding hydrogens is 232 g/mol. The Morgan fingerprint density at radius 1 is 1.67 bits per heavy atom. The van der Waals surface area contributed by atoms with Gasteiger partial charge in [0.05, 0.1) is 9.72 Å². The van der Waals surface area contributed by atoms with Crippen molar-refractivity contribution in [3.8, 4) is 0 Å². The second-order valence-electron chi connectivity index (χ2n) is 3.14. The van der Waals surface area contributed by atoms with E-state index in [1.165, 1.54) is 18.3 Å². The van der Waals surface area contributed by atoms with Crippen LogP contribution in [0.25, 0.3) is 10.2 Å². The minimum atomic E-state index is -0.0536. The van der Waals surface area contributed by atoms with Crippen LogP contribution in [-0.2, 0) is 11.3 Å². The molecule has 0 saturated carbocycles. The van der Waals surface area contributed by atoms with Crippen LogP contribution >= 0.6 is 22.9 Å². The third-order valence-electron chi connectivity index (χ3n) is 1.94. The van der Waals surface area contributed by atoms with E-state index in [9.17, 15) is 4.79 Å². The molecule has 77 valence electrons. The highest BCUT2D eigenvalue weighted by molar-refractivity contribution is 7.16. The van der Waals surface area contributed by atoms with E-state index in [-0.39, 0.29) is 5.91 Å². The number of halogens is 1. The van der Waals surface area contributed by atoms with E-state index in [4.69, 9.17) is 11.6 Å². The van der Waals surface area contributed by atoms with Crippen molar-refractivity contribution < 1.29 is 4.79 Å². The van der Waals surface area contributed by atoms with Crippen molar-refractivity contribution in [1.29, 1.82) is 0 Å². The fourth-order valence-electron chi connectivity index (χ4n) is 1.26. The second kappa shape index (κ2) is 4.16. The van der Waals surface area contributed by atoms with Gasteiger partial charge in [-0.15, -0.1) is 11.3 Å². The van der Waals surface area contributed by atoms with Crippen molar-refractivity contribution in [3.05, 3.63) is 28.2 Å². The van der Waals surface area contributed by atoms with E-state index in [0.29, 0.717) is 11.6 Å². The summed E-state index contributed by atoms with van der Waals surface area (Å²) >= 11 is 7.45. The first kappa shape index (κ1) is 10.4. The number of hydrogen-bond acceptors (Lipinski definition) is 3. The first-order valence-corrected chi connectivity index (χ1v) is 5.55. The molecule has 1 amide bonds. The molecular formula is C10H8ClN2OS. The highest BCUT2D eigenvalue weighted by Gasteiger charge is 2.05. The SMILES string of the molecule is CC(=O)NCc1cc(Cl)c2n[c]sc2c1. The van der Waals surface area contributed by atoms with E-state index in [1.807, 2.05) is 12.1 Å². The van der Waals surface area contributed by atoms with E-state index in [2.05, 4.69) is 15.8 Å². The summed E-state index contributed by atoms with van der Waals surface area (Å²) in [5.74, 6) is -0.0536. The van der Waals surface area contributed by atoms with Gasteiger partial charge in [0.1, 0.15) is 5.52 Å². The van der Waals surface area contributed by atoms with Gasteiger partial charge in [-0.05, 0) is 17.7 Å². The fourth-order valence-corrected chi connectivity index (χ4v) is 2.30. The highest BCUT2D eigenvalue weighted by atomic mass is 35.5. The molecule has 1 radical (unpaired) electrons. The lowest BCUT2D eigenvalue weighted by atomic mass is 10.2. The zero-order valence-corrected chi connectivity index (χ0v) is 9.58. The van der Waals surface area contributed by atoms with Gasteiger partial charge in [-0.3, -0.25) is 4.79 Å². The molecule has 0 bridgehead atoms.